The number of nitrogens with zero attached hydrogens (tertiary/aromatic N) is 3. The molecule has 3 amide bonds. The first-order valence-corrected chi connectivity index (χ1v) is 16.6. The Morgan fingerprint density at radius 2 is 1.35 bits per heavy atom. The van der Waals surface area contributed by atoms with Crippen LogP contribution >= 0.6 is 0 Å². The van der Waals surface area contributed by atoms with Crippen molar-refractivity contribution in [2.24, 2.45) is 0 Å². The fourth-order valence-electron chi connectivity index (χ4n) is 5.82. The molecular weight excluding hydrogens is 622 g/mol. The summed E-state index contributed by atoms with van der Waals surface area (Å²) in [5.74, 6) is -0.546. The summed E-state index contributed by atoms with van der Waals surface area (Å²) in [5.41, 5.74) is 2.88. The van der Waals surface area contributed by atoms with Gasteiger partial charge in [0.15, 0.2) is 0 Å². The largest absolute Gasteiger partial charge is 0.491 e. The number of rotatable bonds is 10. The van der Waals surface area contributed by atoms with Crippen molar-refractivity contribution in [3.05, 3.63) is 120 Å². The van der Waals surface area contributed by atoms with Gasteiger partial charge in [-0.2, -0.15) is 0 Å². The van der Waals surface area contributed by atoms with E-state index in [2.05, 4.69) is 15.6 Å². The highest BCUT2D eigenvalue weighted by molar-refractivity contribution is 5.97. The van der Waals surface area contributed by atoms with Gasteiger partial charge in [-0.05, 0) is 42.2 Å². The fraction of sp³-hybridized carbons (Fsp3) is 0.316. The zero-order chi connectivity index (χ0) is 34.4. The molecule has 2 atom stereocenters. The third kappa shape index (κ3) is 9.65. The van der Waals surface area contributed by atoms with Crippen LogP contribution in [0.2, 0.25) is 0 Å². The molecule has 1 aromatic heterocycles. The summed E-state index contributed by atoms with van der Waals surface area (Å²) in [6, 6.07) is 26.3. The minimum atomic E-state index is -0.610. The van der Waals surface area contributed by atoms with Crippen molar-refractivity contribution in [2.75, 3.05) is 44.4 Å². The minimum absolute atomic E-state index is 0.156. The van der Waals surface area contributed by atoms with Gasteiger partial charge in [0.2, 0.25) is 11.8 Å². The second kappa shape index (κ2) is 17.8. The van der Waals surface area contributed by atoms with Crippen LogP contribution in [0.1, 0.15) is 59.3 Å². The molecule has 0 saturated heterocycles. The van der Waals surface area contributed by atoms with Crippen LogP contribution in [0.4, 0.5) is 11.4 Å². The smallest absolute Gasteiger partial charge is 0.255 e. The molecule has 4 aromatic rings. The van der Waals surface area contributed by atoms with Crippen molar-refractivity contribution in [3.63, 3.8) is 0 Å². The third-order valence-electron chi connectivity index (χ3n) is 8.38. The van der Waals surface area contributed by atoms with Gasteiger partial charge in [-0.3, -0.25) is 19.4 Å². The van der Waals surface area contributed by atoms with E-state index in [0.29, 0.717) is 36.7 Å². The number of hydrogen-bond donors (Lipinski definition) is 4. The summed E-state index contributed by atoms with van der Waals surface area (Å²) in [7, 11) is 0. The number of nitrogens with one attached hydrogen (secondary N) is 2. The number of fused-ring (bicyclic) bond motifs is 3. The first-order chi connectivity index (χ1) is 24.0. The molecule has 0 aliphatic carbocycles. The first-order valence-electron chi connectivity index (χ1n) is 16.6. The van der Waals surface area contributed by atoms with Crippen LogP contribution < -0.4 is 20.3 Å². The summed E-state index contributed by atoms with van der Waals surface area (Å²) in [4.78, 5) is 48.5. The van der Waals surface area contributed by atoms with Crippen molar-refractivity contribution in [1.82, 2.24) is 20.5 Å². The van der Waals surface area contributed by atoms with Crippen LogP contribution in [0.5, 0.6) is 5.75 Å². The van der Waals surface area contributed by atoms with E-state index in [1.54, 1.807) is 17.2 Å². The van der Waals surface area contributed by atoms with Crippen LogP contribution in [-0.2, 0) is 9.59 Å². The van der Waals surface area contributed by atoms with Crippen LogP contribution in [0, 0.1) is 0 Å². The molecule has 2 heterocycles. The maximum Gasteiger partial charge on any atom is 0.255 e. The Kier molecular flexibility index (Phi) is 12.7. The Labute approximate surface area is 286 Å². The van der Waals surface area contributed by atoms with Gasteiger partial charge in [-0.25, -0.2) is 0 Å². The predicted octanol–water partition coefficient (Wildman–Crippen LogP) is 4.31. The molecule has 2 bridgehead atoms. The standard InChI is InChI=1S/C38H43N5O6/c44-26-32(28-13-5-3-6-14-28)40-36(46)24-42-19-11-1-2-12-20-49-35-18-10-9-17-34(35)43(31-21-30(38(42)48)22-39-23-31)25-37(47)41-33(27-45)29-15-7-4-8-16-29/h3-10,13-18,21-23,32-33,44-45H,1-2,11-12,19-20,24-27H2,(H,40,46)(H,41,47)/t32-,33-/m1/s1. The summed E-state index contributed by atoms with van der Waals surface area (Å²) in [6.45, 7) is -0.116. The van der Waals surface area contributed by atoms with Crippen LogP contribution in [0.15, 0.2) is 103 Å². The number of amides is 3. The highest BCUT2D eigenvalue weighted by atomic mass is 16.5. The third-order valence-corrected chi connectivity index (χ3v) is 8.38. The van der Waals surface area contributed by atoms with E-state index in [9.17, 15) is 24.6 Å². The number of ether oxygens (including phenoxy) is 1. The molecule has 4 N–H and O–H groups in total. The number of benzene rings is 3. The van der Waals surface area contributed by atoms with Crippen LogP contribution in [-0.4, -0.2) is 77.3 Å². The average Bonchev–Trinajstić information content (AvgIpc) is 3.14. The lowest BCUT2D eigenvalue weighted by Gasteiger charge is -2.28. The Hall–Kier alpha value is -5.26. The highest BCUT2D eigenvalue weighted by Gasteiger charge is 2.25. The van der Waals surface area contributed by atoms with Gasteiger partial charge < -0.3 is 35.4 Å². The average molecular weight is 666 g/mol. The van der Waals surface area contributed by atoms with E-state index in [-0.39, 0.29) is 43.7 Å². The van der Waals surface area contributed by atoms with Gasteiger partial charge >= 0.3 is 0 Å². The van der Waals surface area contributed by atoms with E-state index < -0.39 is 18.0 Å². The number of aromatic nitrogens is 1. The molecular formula is C38H43N5O6. The second-order valence-corrected chi connectivity index (χ2v) is 11.9. The van der Waals surface area contributed by atoms with E-state index >= 15 is 0 Å². The van der Waals surface area contributed by atoms with Gasteiger partial charge in [0.25, 0.3) is 5.91 Å². The molecule has 256 valence electrons. The molecule has 49 heavy (non-hydrogen) atoms. The molecule has 0 radical (unpaired) electrons. The number of carbonyl (C=O) groups excluding carboxylic acids is 3. The van der Waals surface area contributed by atoms with E-state index in [4.69, 9.17) is 4.74 Å². The topological polar surface area (TPSA) is 144 Å². The Balaban J connectivity index is 1.42. The lowest BCUT2D eigenvalue weighted by molar-refractivity contribution is -0.123. The molecule has 0 saturated carbocycles. The lowest BCUT2D eigenvalue weighted by atomic mass is 10.1. The number of para-hydroxylation sites is 2. The molecule has 0 unspecified atom stereocenters. The number of hydrogen-bond acceptors (Lipinski definition) is 8. The molecule has 0 spiro atoms. The number of aliphatic hydroxyl groups excluding tert-OH is 2. The van der Waals surface area contributed by atoms with Crippen LogP contribution in [0.3, 0.4) is 0 Å². The van der Waals surface area contributed by atoms with E-state index in [1.165, 1.54) is 11.1 Å². The van der Waals surface area contributed by atoms with Crippen molar-refractivity contribution in [2.45, 2.75) is 37.8 Å². The summed E-state index contributed by atoms with van der Waals surface area (Å²) in [5, 5.41) is 25.8. The monoisotopic (exact) mass is 665 g/mol. The van der Waals surface area contributed by atoms with Crippen LogP contribution in [0.25, 0.3) is 0 Å². The van der Waals surface area contributed by atoms with Gasteiger partial charge in [0.1, 0.15) is 12.3 Å². The zero-order valence-corrected chi connectivity index (χ0v) is 27.4. The lowest BCUT2D eigenvalue weighted by Crippen LogP contribution is -2.43. The fourth-order valence-corrected chi connectivity index (χ4v) is 5.82. The number of pyridine rings is 1. The maximum absolute atomic E-state index is 14.0. The van der Waals surface area contributed by atoms with Crippen molar-refractivity contribution in [3.8, 4) is 5.75 Å². The minimum Gasteiger partial charge on any atom is -0.491 e. The van der Waals surface area contributed by atoms with Crippen molar-refractivity contribution < 1.29 is 29.3 Å². The summed E-state index contributed by atoms with van der Waals surface area (Å²) in [6.07, 6.45) is 6.18. The van der Waals surface area contributed by atoms with E-state index in [1.807, 2.05) is 84.9 Å². The SMILES string of the molecule is O=C(CN1CCCCCCOc2ccccc2N(CC(=O)N[C@H](CO)c2ccccc2)c2cncc(c2)C1=O)N[C@H](CO)c1ccccc1. The van der Waals surface area contributed by atoms with E-state index in [0.717, 1.165) is 30.4 Å². The Morgan fingerprint density at radius 3 is 2.00 bits per heavy atom. The zero-order valence-electron chi connectivity index (χ0n) is 27.4. The first kappa shape index (κ1) is 35.1. The number of aliphatic hydroxyl groups is 2. The Morgan fingerprint density at radius 1 is 0.755 bits per heavy atom. The highest BCUT2D eigenvalue weighted by Crippen LogP contribution is 2.34. The van der Waals surface area contributed by atoms with Gasteiger partial charge in [-0.1, -0.05) is 85.6 Å². The van der Waals surface area contributed by atoms with Gasteiger partial charge in [-0.15, -0.1) is 0 Å². The second-order valence-electron chi connectivity index (χ2n) is 11.9. The normalized spacial score (nSPS) is 15.1. The molecule has 1 aliphatic heterocycles. The Bertz CT molecular complexity index is 1670. The summed E-state index contributed by atoms with van der Waals surface area (Å²) < 4.78 is 6.21. The predicted molar refractivity (Wildman–Crippen MR) is 186 cm³/mol. The quantitative estimate of drug-likeness (QED) is 0.196. The van der Waals surface area contributed by atoms with Gasteiger partial charge in [0.05, 0.1) is 61.6 Å². The molecule has 0 fully saturated rings. The molecule has 1 aliphatic rings. The number of carbonyl (C=O) groups is 3. The molecule has 5 rings (SSSR count). The molecule has 11 nitrogen and oxygen atoms in total. The van der Waals surface area contributed by atoms with Crippen molar-refractivity contribution >= 4 is 29.1 Å². The summed E-state index contributed by atoms with van der Waals surface area (Å²) >= 11 is 0. The van der Waals surface area contributed by atoms with Crippen molar-refractivity contribution in [1.29, 1.82) is 0 Å². The molecule has 3 aromatic carbocycles. The maximum atomic E-state index is 14.0. The molecule has 11 heteroatoms. The van der Waals surface area contributed by atoms with Gasteiger partial charge in [0, 0.05) is 12.7 Å². The number of anilines is 2.